The van der Waals surface area contributed by atoms with Gasteiger partial charge in [0.05, 0.1) is 17.1 Å². The van der Waals surface area contributed by atoms with Crippen LogP contribution < -0.4 is 10.3 Å². The standard InChI is InChI=1S/C28H20ClN3O2/c29-25-15-6-4-12-22(25)19-34-23-13-8-9-20(17-23)18-30-32-27(21-10-2-1-3-11-21)31-26-16-7-5-14-24(26)28(32)33/h1-18H,19H2. The van der Waals surface area contributed by atoms with E-state index < -0.39 is 0 Å². The van der Waals surface area contributed by atoms with E-state index in [0.717, 1.165) is 16.7 Å². The first-order valence-corrected chi connectivity index (χ1v) is 11.1. The van der Waals surface area contributed by atoms with Gasteiger partial charge in [0.2, 0.25) is 0 Å². The Morgan fingerprint density at radius 2 is 1.65 bits per heavy atom. The Hall–Kier alpha value is -4.22. The van der Waals surface area contributed by atoms with Gasteiger partial charge in [-0.3, -0.25) is 4.79 Å². The molecule has 0 saturated heterocycles. The molecule has 0 aliphatic carbocycles. The number of aromatic nitrogens is 2. The molecule has 0 aliphatic rings. The fourth-order valence-corrected chi connectivity index (χ4v) is 3.78. The second kappa shape index (κ2) is 9.73. The molecule has 0 atom stereocenters. The average molecular weight is 466 g/mol. The third-order valence-electron chi connectivity index (χ3n) is 5.32. The second-order valence-corrected chi connectivity index (χ2v) is 8.04. The summed E-state index contributed by atoms with van der Waals surface area (Å²) in [6.45, 7) is 0.354. The van der Waals surface area contributed by atoms with E-state index in [0.29, 0.717) is 34.1 Å². The van der Waals surface area contributed by atoms with Gasteiger partial charge in [-0.15, -0.1) is 0 Å². The quantitative estimate of drug-likeness (QED) is 0.281. The van der Waals surface area contributed by atoms with Crippen molar-refractivity contribution < 1.29 is 4.74 Å². The van der Waals surface area contributed by atoms with E-state index in [-0.39, 0.29) is 5.56 Å². The molecule has 0 fully saturated rings. The van der Waals surface area contributed by atoms with Crippen LogP contribution in [-0.4, -0.2) is 15.9 Å². The van der Waals surface area contributed by atoms with Gasteiger partial charge < -0.3 is 4.74 Å². The van der Waals surface area contributed by atoms with Gasteiger partial charge in [-0.05, 0) is 35.9 Å². The summed E-state index contributed by atoms with van der Waals surface area (Å²) in [6, 6.07) is 31.9. The fourth-order valence-electron chi connectivity index (χ4n) is 3.59. The van der Waals surface area contributed by atoms with Gasteiger partial charge in [0, 0.05) is 16.1 Å². The maximum atomic E-state index is 13.3. The van der Waals surface area contributed by atoms with E-state index >= 15 is 0 Å². The van der Waals surface area contributed by atoms with Gasteiger partial charge in [0.25, 0.3) is 5.56 Å². The minimum absolute atomic E-state index is 0.230. The van der Waals surface area contributed by atoms with Crippen LogP contribution >= 0.6 is 11.6 Å². The van der Waals surface area contributed by atoms with Gasteiger partial charge in [-0.2, -0.15) is 9.78 Å². The Balaban J connectivity index is 1.48. The van der Waals surface area contributed by atoms with E-state index in [1.807, 2.05) is 97.1 Å². The molecular weight excluding hydrogens is 446 g/mol. The van der Waals surface area contributed by atoms with Crippen molar-refractivity contribution in [2.45, 2.75) is 6.61 Å². The van der Waals surface area contributed by atoms with Crippen LogP contribution in [0.15, 0.2) is 113 Å². The number of fused-ring (bicyclic) bond motifs is 1. The monoisotopic (exact) mass is 465 g/mol. The largest absolute Gasteiger partial charge is 0.489 e. The molecule has 0 amide bonds. The van der Waals surface area contributed by atoms with Crippen molar-refractivity contribution in [2.24, 2.45) is 5.10 Å². The molecule has 0 saturated carbocycles. The van der Waals surface area contributed by atoms with Gasteiger partial charge in [0.1, 0.15) is 12.4 Å². The lowest BCUT2D eigenvalue weighted by atomic mass is 10.2. The summed E-state index contributed by atoms with van der Waals surface area (Å²) < 4.78 is 7.26. The van der Waals surface area contributed by atoms with Gasteiger partial charge in [0.15, 0.2) is 5.82 Å². The summed E-state index contributed by atoms with van der Waals surface area (Å²) >= 11 is 6.22. The lowest BCUT2D eigenvalue weighted by Crippen LogP contribution is -2.20. The normalized spacial score (nSPS) is 11.2. The summed E-state index contributed by atoms with van der Waals surface area (Å²) in [5.41, 5.74) is 2.90. The zero-order valence-electron chi connectivity index (χ0n) is 18.1. The first-order valence-electron chi connectivity index (χ1n) is 10.8. The van der Waals surface area contributed by atoms with Crippen molar-refractivity contribution in [1.29, 1.82) is 0 Å². The molecule has 6 heteroatoms. The van der Waals surface area contributed by atoms with Crippen LogP contribution in [0.1, 0.15) is 11.1 Å². The zero-order chi connectivity index (χ0) is 23.3. The molecule has 5 nitrogen and oxygen atoms in total. The smallest absolute Gasteiger partial charge is 0.282 e. The van der Waals surface area contributed by atoms with Crippen molar-refractivity contribution in [3.8, 4) is 17.1 Å². The number of benzene rings is 4. The van der Waals surface area contributed by atoms with Crippen molar-refractivity contribution in [3.63, 3.8) is 0 Å². The number of ether oxygens (including phenoxy) is 1. The summed E-state index contributed by atoms with van der Waals surface area (Å²) in [5.74, 6) is 1.16. The maximum absolute atomic E-state index is 13.3. The molecule has 0 aliphatic heterocycles. The Morgan fingerprint density at radius 1 is 0.882 bits per heavy atom. The Labute approximate surface area is 201 Å². The topological polar surface area (TPSA) is 56.5 Å². The molecule has 1 heterocycles. The SMILES string of the molecule is O=c1c2ccccc2nc(-c2ccccc2)n1N=Cc1cccc(OCc2ccccc2Cl)c1. The number of halogens is 1. The number of para-hydroxylation sites is 1. The van der Waals surface area contributed by atoms with Crippen LogP contribution in [0.4, 0.5) is 0 Å². The molecule has 4 aromatic carbocycles. The van der Waals surface area contributed by atoms with Crippen LogP contribution in [0.5, 0.6) is 5.75 Å². The van der Waals surface area contributed by atoms with Crippen LogP contribution in [0.3, 0.4) is 0 Å². The van der Waals surface area contributed by atoms with Gasteiger partial charge in [-0.1, -0.05) is 84.4 Å². The van der Waals surface area contributed by atoms with E-state index in [4.69, 9.17) is 21.3 Å². The predicted octanol–water partition coefficient (Wildman–Crippen LogP) is 6.18. The summed E-state index contributed by atoms with van der Waals surface area (Å²) in [5, 5.41) is 5.69. The second-order valence-electron chi connectivity index (χ2n) is 7.63. The highest BCUT2D eigenvalue weighted by Crippen LogP contribution is 2.20. The molecule has 0 radical (unpaired) electrons. The molecular formula is C28H20ClN3O2. The predicted molar refractivity (Wildman–Crippen MR) is 137 cm³/mol. The number of rotatable bonds is 6. The molecule has 0 spiro atoms. The lowest BCUT2D eigenvalue weighted by Gasteiger charge is -2.10. The third-order valence-corrected chi connectivity index (χ3v) is 5.69. The van der Waals surface area contributed by atoms with Crippen molar-refractivity contribution >= 4 is 28.7 Å². The van der Waals surface area contributed by atoms with Gasteiger partial charge >= 0.3 is 0 Å². The van der Waals surface area contributed by atoms with E-state index in [9.17, 15) is 4.79 Å². The molecule has 166 valence electrons. The Bertz CT molecular complexity index is 1540. The lowest BCUT2D eigenvalue weighted by molar-refractivity contribution is 0.306. The van der Waals surface area contributed by atoms with Crippen LogP contribution in [0.25, 0.3) is 22.3 Å². The third kappa shape index (κ3) is 4.60. The minimum Gasteiger partial charge on any atom is -0.489 e. The molecule has 0 unspecified atom stereocenters. The van der Waals surface area contributed by atoms with Crippen LogP contribution in [0.2, 0.25) is 5.02 Å². The van der Waals surface area contributed by atoms with Crippen LogP contribution in [0, 0.1) is 0 Å². The fraction of sp³-hybridized carbons (Fsp3) is 0.0357. The van der Waals surface area contributed by atoms with Crippen molar-refractivity contribution in [2.75, 3.05) is 0 Å². The van der Waals surface area contributed by atoms with Crippen LogP contribution in [-0.2, 0) is 6.61 Å². The number of hydrogen-bond acceptors (Lipinski definition) is 4. The van der Waals surface area contributed by atoms with Crippen molar-refractivity contribution in [1.82, 2.24) is 9.66 Å². The summed E-state index contributed by atoms with van der Waals surface area (Å²) in [4.78, 5) is 18.0. The highest BCUT2D eigenvalue weighted by molar-refractivity contribution is 6.31. The maximum Gasteiger partial charge on any atom is 0.282 e. The Morgan fingerprint density at radius 3 is 2.50 bits per heavy atom. The minimum atomic E-state index is -0.230. The van der Waals surface area contributed by atoms with Crippen molar-refractivity contribution in [3.05, 3.63) is 130 Å². The number of nitrogens with zero attached hydrogens (tertiary/aromatic N) is 3. The molecule has 34 heavy (non-hydrogen) atoms. The summed E-state index contributed by atoms with van der Waals surface area (Å²) in [7, 11) is 0. The highest BCUT2D eigenvalue weighted by atomic mass is 35.5. The first kappa shape index (κ1) is 21.6. The van der Waals surface area contributed by atoms with E-state index in [1.54, 1.807) is 12.3 Å². The molecule has 5 aromatic rings. The first-order chi connectivity index (χ1) is 16.7. The summed E-state index contributed by atoms with van der Waals surface area (Å²) in [6.07, 6.45) is 1.63. The molecule has 0 bridgehead atoms. The Kier molecular flexibility index (Phi) is 6.19. The van der Waals surface area contributed by atoms with Gasteiger partial charge in [-0.25, -0.2) is 4.98 Å². The highest BCUT2D eigenvalue weighted by Gasteiger charge is 2.12. The van der Waals surface area contributed by atoms with E-state index in [1.165, 1.54) is 4.68 Å². The van der Waals surface area contributed by atoms with E-state index in [2.05, 4.69) is 5.10 Å². The zero-order valence-corrected chi connectivity index (χ0v) is 18.9. The molecule has 0 N–H and O–H groups in total. The average Bonchev–Trinajstić information content (AvgIpc) is 2.88. The number of hydrogen-bond donors (Lipinski definition) is 0. The molecule has 5 rings (SSSR count). The molecule has 1 aromatic heterocycles.